The van der Waals surface area contributed by atoms with Crippen molar-refractivity contribution in [2.24, 2.45) is 11.8 Å². The molecule has 0 radical (unpaired) electrons. The first-order valence-electron chi connectivity index (χ1n) is 13.5. The van der Waals surface area contributed by atoms with Crippen LogP contribution in [0.25, 0.3) is 0 Å². The highest BCUT2D eigenvalue weighted by Crippen LogP contribution is 2.42. The molecule has 8 heteroatoms. The fourth-order valence-corrected chi connectivity index (χ4v) is 6.93. The molecule has 0 spiro atoms. The summed E-state index contributed by atoms with van der Waals surface area (Å²) in [6.45, 7) is 6.17. The molecule has 0 aromatic heterocycles. The predicted octanol–water partition coefficient (Wildman–Crippen LogP) is 6.93. The van der Waals surface area contributed by atoms with E-state index in [1.807, 2.05) is 6.92 Å². The van der Waals surface area contributed by atoms with Gasteiger partial charge in [-0.05, 0) is 68.7 Å². The summed E-state index contributed by atoms with van der Waals surface area (Å²) >= 11 is 0. The fraction of sp³-hybridized carbons (Fsp3) is 0.586. The average molecular weight is 537 g/mol. The van der Waals surface area contributed by atoms with E-state index in [0.29, 0.717) is 5.92 Å². The molecule has 1 saturated heterocycles. The number of benzene rings is 2. The Morgan fingerprint density at radius 1 is 0.973 bits per heavy atom. The van der Waals surface area contributed by atoms with Gasteiger partial charge in [0.1, 0.15) is 6.10 Å². The Hall–Kier alpha value is -2.03. The average Bonchev–Trinajstić information content (AvgIpc) is 2.88. The van der Waals surface area contributed by atoms with Gasteiger partial charge >= 0.3 is 0 Å². The van der Waals surface area contributed by atoms with Gasteiger partial charge in [-0.3, -0.25) is 4.18 Å². The maximum atomic E-state index is 15.0. The maximum Gasteiger partial charge on any atom is 0.297 e. The monoisotopic (exact) mass is 536 g/mol. The van der Waals surface area contributed by atoms with Crippen LogP contribution in [0.3, 0.4) is 0 Å². The third kappa shape index (κ3) is 6.52. The van der Waals surface area contributed by atoms with Crippen molar-refractivity contribution >= 4 is 10.1 Å². The van der Waals surface area contributed by atoms with Crippen LogP contribution in [0.5, 0.6) is 5.75 Å². The van der Waals surface area contributed by atoms with Gasteiger partial charge in [0, 0.05) is 5.92 Å². The van der Waals surface area contributed by atoms with Crippen molar-refractivity contribution in [1.82, 2.24) is 0 Å². The second kappa shape index (κ2) is 12.2. The van der Waals surface area contributed by atoms with Crippen molar-refractivity contribution in [3.63, 3.8) is 0 Å². The molecule has 1 aliphatic carbocycles. The van der Waals surface area contributed by atoms with Crippen LogP contribution >= 0.6 is 0 Å². The molecule has 0 N–H and O–H groups in total. The van der Waals surface area contributed by atoms with Crippen molar-refractivity contribution in [1.29, 1.82) is 0 Å². The Morgan fingerprint density at radius 3 is 2.32 bits per heavy atom. The quantitative estimate of drug-likeness (QED) is 0.326. The second-order valence-electron chi connectivity index (χ2n) is 10.4. The van der Waals surface area contributed by atoms with Gasteiger partial charge in [-0.2, -0.15) is 12.8 Å². The smallest absolute Gasteiger partial charge is 0.297 e. The minimum absolute atomic E-state index is 0.0731. The van der Waals surface area contributed by atoms with E-state index in [0.717, 1.165) is 37.7 Å². The summed E-state index contributed by atoms with van der Waals surface area (Å²) < 4.78 is 73.4. The Bertz CT molecular complexity index is 1140. The van der Waals surface area contributed by atoms with Gasteiger partial charge < -0.3 is 9.47 Å². The van der Waals surface area contributed by atoms with Gasteiger partial charge in [0.25, 0.3) is 10.1 Å². The molecule has 0 amide bonds. The zero-order chi connectivity index (χ0) is 26.6. The number of ether oxygens (including phenoxy) is 2. The summed E-state index contributed by atoms with van der Waals surface area (Å²) in [5.74, 6) is -1.87. The van der Waals surface area contributed by atoms with Crippen molar-refractivity contribution in [3.05, 3.63) is 59.2 Å². The molecule has 204 valence electrons. The van der Waals surface area contributed by atoms with E-state index >= 15 is 4.39 Å². The number of hydrogen-bond acceptors (Lipinski definition) is 5. The number of hydrogen-bond donors (Lipinski definition) is 0. The normalized spacial score (nSPS) is 26.7. The Balaban J connectivity index is 1.58. The summed E-state index contributed by atoms with van der Waals surface area (Å²) in [7, 11) is -4.07. The van der Waals surface area contributed by atoms with Crippen LogP contribution in [-0.2, 0) is 19.0 Å². The van der Waals surface area contributed by atoms with E-state index in [4.69, 9.17) is 13.7 Å². The largest absolute Gasteiger partial charge is 0.491 e. The van der Waals surface area contributed by atoms with Crippen molar-refractivity contribution in [2.75, 3.05) is 13.2 Å². The predicted molar refractivity (Wildman–Crippen MR) is 138 cm³/mol. The molecule has 5 nitrogen and oxygen atoms in total. The highest BCUT2D eigenvalue weighted by molar-refractivity contribution is 7.86. The zero-order valence-corrected chi connectivity index (χ0v) is 22.7. The molecule has 0 unspecified atom stereocenters. The fourth-order valence-electron chi connectivity index (χ4n) is 5.83. The van der Waals surface area contributed by atoms with Crippen LogP contribution in [0.15, 0.2) is 41.3 Å². The van der Waals surface area contributed by atoms with Crippen LogP contribution in [0.4, 0.5) is 8.78 Å². The van der Waals surface area contributed by atoms with Gasteiger partial charge in [-0.25, -0.2) is 4.39 Å². The highest BCUT2D eigenvalue weighted by Gasteiger charge is 2.42. The lowest BCUT2D eigenvalue weighted by atomic mass is 9.75. The lowest BCUT2D eigenvalue weighted by molar-refractivity contribution is -0.106. The number of aryl methyl sites for hydroxylation is 1. The minimum Gasteiger partial charge on any atom is -0.491 e. The first-order chi connectivity index (χ1) is 17.7. The Kier molecular flexibility index (Phi) is 9.24. The summed E-state index contributed by atoms with van der Waals surface area (Å²) in [6, 6.07) is 9.41. The maximum absolute atomic E-state index is 15.0. The molecular formula is C29H38F2O5S. The topological polar surface area (TPSA) is 61.8 Å². The molecule has 1 heterocycles. The SMILES string of the molecule is CCCC1CCC([C@H]2OC[C@H](c3ccc(OCC)c(F)c3F)C[C@@H]2OS(=O)(=O)c2ccc(C)cc2)CC1. The van der Waals surface area contributed by atoms with Gasteiger partial charge in [-0.1, -0.05) is 56.4 Å². The molecule has 4 rings (SSSR count). The molecule has 2 fully saturated rings. The van der Waals surface area contributed by atoms with E-state index in [1.54, 1.807) is 19.1 Å². The first kappa shape index (κ1) is 28.0. The van der Waals surface area contributed by atoms with Crippen molar-refractivity contribution in [2.45, 2.75) is 88.7 Å². The molecule has 1 aliphatic heterocycles. The van der Waals surface area contributed by atoms with Gasteiger partial charge in [0.2, 0.25) is 5.82 Å². The lowest BCUT2D eigenvalue weighted by Gasteiger charge is -2.42. The number of rotatable bonds is 9. The lowest BCUT2D eigenvalue weighted by Crippen LogP contribution is -2.46. The van der Waals surface area contributed by atoms with Crippen LogP contribution in [-0.4, -0.2) is 33.8 Å². The molecule has 37 heavy (non-hydrogen) atoms. The molecule has 2 aliphatic rings. The van der Waals surface area contributed by atoms with E-state index in [1.165, 1.54) is 30.7 Å². The molecule has 1 saturated carbocycles. The van der Waals surface area contributed by atoms with Crippen LogP contribution in [0, 0.1) is 30.4 Å². The standard InChI is InChI=1S/C29H38F2O5S/c1-4-6-20-9-11-21(12-10-20)29-26(36-37(32,33)23-13-7-19(3)8-14-23)17-22(18-35-29)24-15-16-25(34-5-2)28(31)27(24)30/h7-8,13-16,20-22,26,29H,4-6,9-12,17-18H2,1-3H3/t20?,21?,22-,26+,29-/m1/s1. The second-order valence-corrected chi connectivity index (χ2v) is 12.0. The van der Waals surface area contributed by atoms with E-state index in [9.17, 15) is 12.8 Å². The van der Waals surface area contributed by atoms with Crippen molar-refractivity contribution in [3.8, 4) is 5.75 Å². The third-order valence-electron chi connectivity index (χ3n) is 7.80. The van der Waals surface area contributed by atoms with Gasteiger partial charge in [-0.15, -0.1) is 0 Å². The Labute approximate surface area is 219 Å². The van der Waals surface area contributed by atoms with E-state index in [2.05, 4.69) is 6.92 Å². The van der Waals surface area contributed by atoms with E-state index in [-0.39, 0.29) is 41.8 Å². The molecular weight excluding hydrogens is 498 g/mol. The molecule has 2 aromatic carbocycles. The van der Waals surface area contributed by atoms with Crippen LogP contribution in [0.2, 0.25) is 0 Å². The molecule has 2 aromatic rings. The Morgan fingerprint density at radius 2 is 1.68 bits per heavy atom. The highest BCUT2D eigenvalue weighted by atomic mass is 32.2. The van der Waals surface area contributed by atoms with E-state index < -0.39 is 39.9 Å². The van der Waals surface area contributed by atoms with Gasteiger partial charge in [0.15, 0.2) is 11.6 Å². The zero-order valence-electron chi connectivity index (χ0n) is 21.9. The summed E-state index contributed by atoms with van der Waals surface area (Å²) in [6.07, 6.45) is 5.39. The number of halogens is 2. The molecule has 3 atom stereocenters. The summed E-state index contributed by atoms with van der Waals surface area (Å²) in [5, 5.41) is 0. The van der Waals surface area contributed by atoms with Crippen LogP contribution < -0.4 is 4.74 Å². The van der Waals surface area contributed by atoms with Crippen LogP contribution in [0.1, 0.15) is 75.8 Å². The summed E-state index contributed by atoms with van der Waals surface area (Å²) in [4.78, 5) is 0.0731. The summed E-state index contributed by atoms with van der Waals surface area (Å²) in [5.41, 5.74) is 1.09. The minimum atomic E-state index is -4.07. The first-order valence-corrected chi connectivity index (χ1v) is 14.9. The van der Waals surface area contributed by atoms with Crippen molar-refractivity contribution < 1.29 is 30.9 Å². The third-order valence-corrected chi connectivity index (χ3v) is 9.15. The van der Waals surface area contributed by atoms with Gasteiger partial charge in [0.05, 0.1) is 24.2 Å². The molecule has 0 bridgehead atoms.